The van der Waals surface area contributed by atoms with Crippen LogP contribution in [0.15, 0.2) is 29.2 Å². The van der Waals surface area contributed by atoms with Crippen LogP contribution in [-0.2, 0) is 14.8 Å². The van der Waals surface area contributed by atoms with Crippen LogP contribution in [-0.4, -0.2) is 39.0 Å². The second-order valence-corrected chi connectivity index (χ2v) is 8.28. The zero-order valence-corrected chi connectivity index (χ0v) is 17.6. The lowest BCUT2D eigenvalue weighted by Crippen LogP contribution is -2.49. The van der Waals surface area contributed by atoms with Crippen LogP contribution >= 0.6 is 0 Å². The topological polar surface area (TPSA) is 159 Å². The smallest absolute Gasteiger partial charge is 0.328 e. The summed E-state index contributed by atoms with van der Waals surface area (Å²) >= 11 is 0. The first-order chi connectivity index (χ1) is 13.6. The third-order valence-corrected chi connectivity index (χ3v) is 5.62. The number of amides is 5. The summed E-state index contributed by atoms with van der Waals surface area (Å²) in [6.45, 7) is 6.00. The first-order valence-electron chi connectivity index (χ1n) is 9.38. The largest absolute Gasteiger partial charge is 0.352 e. The van der Waals surface area contributed by atoms with Gasteiger partial charge in [-0.15, -0.1) is 0 Å². The molecule has 0 aliphatic heterocycles. The first-order valence-corrected chi connectivity index (χ1v) is 10.9. The molecule has 11 heteroatoms. The van der Waals surface area contributed by atoms with E-state index in [4.69, 9.17) is 5.73 Å². The van der Waals surface area contributed by atoms with Gasteiger partial charge in [-0.25, -0.2) is 22.7 Å². The highest BCUT2D eigenvalue weighted by Gasteiger charge is 2.25. The molecule has 0 saturated heterocycles. The van der Waals surface area contributed by atoms with Crippen LogP contribution < -0.4 is 26.4 Å². The van der Waals surface area contributed by atoms with Crippen LogP contribution in [0, 0.1) is 5.92 Å². The number of nitrogens with two attached hydrogens (primary N) is 1. The van der Waals surface area contributed by atoms with Crippen LogP contribution in [0.4, 0.5) is 15.3 Å². The molecule has 1 rings (SSSR count). The van der Waals surface area contributed by atoms with Gasteiger partial charge in [-0.05, 0) is 36.6 Å². The molecule has 0 aliphatic carbocycles. The summed E-state index contributed by atoms with van der Waals surface area (Å²) in [4.78, 5) is 35.1. The lowest BCUT2D eigenvalue weighted by atomic mass is 9.98. The summed E-state index contributed by atoms with van der Waals surface area (Å²) < 4.78 is 26.4. The Kier molecular flexibility index (Phi) is 9.39. The van der Waals surface area contributed by atoms with Crippen molar-refractivity contribution < 1.29 is 22.8 Å². The summed E-state index contributed by atoms with van der Waals surface area (Å²) in [7, 11) is -4.04. The molecule has 0 spiro atoms. The average molecular weight is 428 g/mol. The number of rotatable bonds is 10. The zero-order valence-electron chi connectivity index (χ0n) is 16.8. The number of primary amides is 1. The Morgan fingerprint density at radius 1 is 1.10 bits per heavy atom. The second-order valence-electron chi connectivity index (χ2n) is 6.60. The predicted octanol–water partition coefficient (Wildman–Crippen LogP) is 1.50. The fraction of sp³-hybridized carbons (Fsp3) is 0.500. The van der Waals surface area contributed by atoms with Gasteiger partial charge in [0.25, 0.3) is 10.0 Å². The highest BCUT2D eigenvalue weighted by atomic mass is 32.2. The number of unbranched alkanes of at least 4 members (excludes halogenated alkanes) is 1. The maximum atomic E-state index is 12.4. The van der Waals surface area contributed by atoms with Crippen LogP contribution in [0.5, 0.6) is 0 Å². The van der Waals surface area contributed by atoms with Crippen molar-refractivity contribution in [2.45, 2.75) is 51.0 Å². The van der Waals surface area contributed by atoms with Crippen molar-refractivity contribution in [3.63, 3.8) is 0 Å². The SMILES string of the molecule is CCCCNC(=O)NS(=O)(=O)c1ccc(NC(=O)[C@H](NC(N)=O)[C@H](C)CC)cc1. The monoisotopic (exact) mass is 427 g/mol. The van der Waals surface area contributed by atoms with Crippen molar-refractivity contribution in [1.82, 2.24) is 15.4 Å². The Morgan fingerprint density at radius 3 is 2.24 bits per heavy atom. The fourth-order valence-corrected chi connectivity index (χ4v) is 3.32. The maximum absolute atomic E-state index is 12.4. The van der Waals surface area contributed by atoms with E-state index in [-0.39, 0.29) is 10.8 Å². The molecule has 1 aromatic rings. The van der Waals surface area contributed by atoms with Crippen molar-refractivity contribution in [1.29, 1.82) is 0 Å². The molecular weight excluding hydrogens is 398 g/mol. The van der Waals surface area contributed by atoms with Gasteiger partial charge in [0.15, 0.2) is 0 Å². The minimum atomic E-state index is -4.04. The maximum Gasteiger partial charge on any atom is 0.328 e. The normalized spacial score (nSPS) is 13.1. The van der Waals surface area contributed by atoms with E-state index in [2.05, 4.69) is 16.0 Å². The minimum Gasteiger partial charge on any atom is -0.352 e. The number of urea groups is 2. The minimum absolute atomic E-state index is 0.130. The van der Waals surface area contributed by atoms with Crippen LogP contribution in [0.25, 0.3) is 0 Å². The molecule has 2 atom stereocenters. The highest BCUT2D eigenvalue weighted by Crippen LogP contribution is 2.16. The van der Waals surface area contributed by atoms with Gasteiger partial charge in [0.1, 0.15) is 6.04 Å². The van der Waals surface area contributed by atoms with Crippen LogP contribution in [0.2, 0.25) is 0 Å². The number of nitrogens with one attached hydrogen (secondary N) is 4. The molecule has 0 aliphatic rings. The predicted molar refractivity (Wildman–Crippen MR) is 110 cm³/mol. The van der Waals surface area contributed by atoms with E-state index in [0.29, 0.717) is 18.7 Å². The molecule has 0 heterocycles. The molecule has 1 aromatic carbocycles. The molecule has 0 aromatic heterocycles. The van der Waals surface area contributed by atoms with E-state index in [0.717, 1.165) is 12.8 Å². The van der Waals surface area contributed by atoms with E-state index in [1.54, 1.807) is 6.92 Å². The molecule has 0 unspecified atom stereocenters. The van der Waals surface area contributed by atoms with Crippen molar-refractivity contribution in [3.8, 4) is 0 Å². The summed E-state index contributed by atoms with van der Waals surface area (Å²) in [6.07, 6.45) is 2.25. The van der Waals surface area contributed by atoms with E-state index < -0.39 is 34.0 Å². The van der Waals surface area contributed by atoms with Crippen LogP contribution in [0.3, 0.4) is 0 Å². The molecule has 0 fully saturated rings. The molecular formula is C18H29N5O5S. The summed E-state index contributed by atoms with van der Waals surface area (Å²) in [5.41, 5.74) is 5.46. The number of hydrogen-bond acceptors (Lipinski definition) is 5. The molecule has 0 radical (unpaired) electrons. The summed E-state index contributed by atoms with van der Waals surface area (Å²) in [5.74, 6) is -0.625. The van der Waals surface area contributed by atoms with Gasteiger partial charge in [-0.1, -0.05) is 33.6 Å². The Balaban J connectivity index is 2.80. The van der Waals surface area contributed by atoms with Crippen LogP contribution in [0.1, 0.15) is 40.0 Å². The third-order valence-electron chi connectivity index (χ3n) is 4.27. The number of carbonyl (C=O) groups excluding carboxylic acids is 3. The molecule has 162 valence electrons. The van der Waals surface area contributed by atoms with Gasteiger partial charge in [0.05, 0.1) is 4.90 Å². The Morgan fingerprint density at radius 2 is 1.72 bits per heavy atom. The Hall–Kier alpha value is -2.82. The standard InChI is InChI=1S/C18H29N5O5S/c1-4-6-11-20-18(26)23-29(27,28)14-9-7-13(8-10-14)21-16(24)15(12(3)5-2)22-17(19)25/h7-10,12,15H,4-6,11H2,1-3H3,(H,21,24)(H3,19,22,25)(H2,20,23,26)/t12-,15-/m1/s1. The molecule has 6 N–H and O–H groups in total. The zero-order chi connectivity index (χ0) is 22.0. The molecule has 0 saturated carbocycles. The summed E-state index contributed by atoms with van der Waals surface area (Å²) in [5, 5.41) is 7.48. The van der Waals surface area contributed by atoms with Gasteiger partial charge in [-0.2, -0.15) is 0 Å². The van der Waals surface area contributed by atoms with Crippen molar-refractivity contribution >= 4 is 33.7 Å². The molecule has 29 heavy (non-hydrogen) atoms. The van der Waals surface area contributed by atoms with Gasteiger partial charge in [-0.3, -0.25) is 4.79 Å². The number of benzene rings is 1. The second kappa shape index (κ2) is 11.2. The molecule has 10 nitrogen and oxygen atoms in total. The van der Waals surface area contributed by atoms with Gasteiger partial charge < -0.3 is 21.7 Å². The number of hydrogen-bond donors (Lipinski definition) is 5. The lowest BCUT2D eigenvalue weighted by Gasteiger charge is -2.22. The number of carbonyl (C=O) groups is 3. The number of anilines is 1. The first kappa shape index (κ1) is 24.2. The van der Waals surface area contributed by atoms with Gasteiger partial charge >= 0.3 is 12.1 Å². The van der Waals surface area contributed by atoms with Gasteiger partial charge in [0.2, 0.25) is 5.91 Å². The van der Waals surface area contributed by atoms with E-state index in [9.17, 15) is 22.8 Å². The van der Waals surface area contributed by atoms with E-state index >= 15 is 0 Å². The number of sulfonamides is 1. The third kappa shape index (κ3) is 7.98. The van der Waals surface area contributed by atoms with Crippen molar-refractivity contribution in [3.05, 3.63) is 24.3 Å². The van der Waals surface area contributed by atoms with E-state index in [1.807, 2.05) is 18.6 Å². The lowest BCUT2D eigenvalue weighted by molar-refractivity contribution is -0.119. The summed E-state index contributed by atoms with van der Waals surface area (Å²) in [6, 6.07) is 2.86. The quantitative estimate of drug-likeness (QED) is 0.357. The Labute approximate surface area is 171 Å². The van der Waals surface area contributed by atoms with Crippen molar-refractivity contribution in [2.24, 2.45) is 11.7 Å². The fourth-order valence-electron chi connectivity index (χ4n) is 2.39. The molecule has 5 amide bonds. The van der Waals surface area contributed by atoms with Gasteiger partial charge in [0, 0.05) is 12.2 Å². The van der Waals surface area contributed by atoms with Crippen molar-refractivity contribution in [2.75, 3.05) is 11.9 Å². The Bertz CT molecular complexity index is 810. The van der Waals surface area contributed by atoms with E-state index in [1.165, 1.54) is 24.3 Å². The molecule has 0 bridgehead atoms. The highest BCUT2D eigenvalue weighted by molar-refractivity contribution is 7.90. The average Bonchev–Trinajstić information content (AvgIpc) is 2.65.